The lowest BCUT2D eigenvalue weighted by atomic mass is 9.74. The third-order valence-corrected chi connectivity index (χ3v) is 5.95. The van der Waals surface area contributed by atoms with Crippen molar-refractivity contribution in [2.45, 2.75) is 31.0 Å². The number of benzene rings is 2. The van der Waals surface area contributed by atoms with Crippen molar-refractivity contribution in [1.82, 2.24) is 4.90 Å². The number of fused-ring (bicyclic) bond motifs is 3. The van der Waals surface area contributed by atoms with Crippen LogP contribution >= 0.6 is 0 Å². The Kier molecular flexibility index (Phi) is 5.06. The number of aliphatic hydroxyl groups is 1. The molecule has 1 unspecified atom stereocenters. The van der Waals surface area contributed by atoms with Crippen molar-refractivity contribution in [1.29, 1.82) is 0 Å². The van der Waals surface area contributed by atoms with Crippen LogP contribution in [-0.4, -0.2) is 41.8 Å². The number of ether oxygens (including phenoxy) is 1. The molecule has 0 radical (unpaired) electrons. The summed E-state index contributed by atoms with van der Waals surface area (Å²) in [5, 5.41) is 11.7. The molecule has 3 heteroatoms. The summed E-state index contributed by atoms with van der Waals surface area (Å²) in [6.45, 7) is 5.75. The van der Waals surface area contributed by atoms with Gasteiger partial charge in [-0.1, -0.05) is 72.5 Å². The first-order chi connectivity index (χ1) is 13.2. The van der Waals surface area contributed by atoms with E-state index in [9.17, 15) is 5.11 Å². The largest absolute Gasteiger partial charge is 0.369 e. The van der Waals surface area contributed by atoms with Crippen molar-refractivity contribution in [3.8, 4) is 11.8 Å². The third kappa shape index (κ3) is 3.41. The van der Waals surface area contributed by atoms with E-state index in [0.29, 0.717) is 12.5 Å². The first-order valence-corrected chi connectivity index (χ1v) is 9.90. The van der Waals surface area contributed by atoms with Crippen molar-refractivity contribution in [2.75, 3.05) is 26.2 Å². The molecule has 3 nitrogen and oxygen atoms in total. The minimum atomic E-state index is -1.35. The van der Waals surface area contributed by atoms with Gasteiger partial charge in [0.15, 0.2) is 5.60 Å². The molecule has 3 aliphatic heterocycles. The summed E-state index contributed by atoms with van der Waals surface area (Å²) in [5.41, 5.74) is -0.255. The molecule has 2 aromatic carbocycles. The second-order valence-electron chi connectivity index (χ2n) is 7.57. The summed E-state index contributed by atoms with van der Waals surface area (Å²) in [6.07, 6.45) is 2.23. The molecule has 140 valence electrons. The van der Waals surface area contributed by atoms with Crippen molar-refractivity contribution in [2.24, 2.45) is 5.92 Å². The fourth-order valence-corrected chi connectivity index (χ4v) is 4.48. The SMILES string of the molecule is CCOC1(C#CC(O)(c2ccccc2)c2ccccc2)CN2CCC1CC2. The quantitative estimate of drug-likeness (QED) is 0.847. The minimum Gasteiger partial charge on any atom is -0.369 e. The van der Waals surface area contributed by atoms with E-state index in [0.717, 1.165) is 43.6 Å². The summed E-state index contributed by atoms with van der Waals surface area (Å²) in [6, 6.07) is 19.4. The topological polar surface area (TPSA) is 32.7 Å². The Morgan fingerprint density at radius 3 is 2.04 bits per heavy atom. The zero-order valence-corrected chi connectivity index (χ0v) is 15.9. The standard InChI is InChI=1S/C24H27NO2/c1-2-27-23(19-25-17-13-20(23)14-18-25)15-16-24(26,21-9-5-3-6-10-21)22-11-7-4-8-12-22/h3-12,20,26H,2,13-14,17-19H2,1H3. The molecule has 5 rings (SSSR count). The molecule has 1 atom stereocenters. The van der Waals surface area contributed by atoms with Crippen LogP contribution in [0.3, 0.4) is 0 Å². The first kappa shape index (κ1) is 18.3. The maximum absolute atomic E-state index is 11.7. The third-order valence-electron chi connectivity index (χ3n) is 5.95. The zero-order valence-electron chi connectivity index (χ0n) is 15.9. The lowest BCUT2D eigenvalue weighted by Gasteiger charge is -2.50. The number of hydrogen-bond donors (Lipinski definition) is 1. The van der Waals surface area contributed by atoms with Gasteiger partial charge in [0, 0.05) is 30.2 Å². The van der Waals surface area contributed by atoms with Gasteiger partial charge in [-0.3, -0.25) is 4.90 Å². The average Bonchev–Trinajstić information content (AvgIpc) is 2.74. The molecule has 0 aliphatic carbocycles. The lowest BCUT2D eigenvalue weighted by Crippen LogP contribution is -2.59. The van der Waals surface area contributed by atoms with Crippen LogP contribution in [0, 0.1) is 17.8 Å². The van der Waals surface area contributed by atoms with Crippen LogP contribution in [-0.2, 0) is 10.3 Å². The smallest absolute Gasteiger partial charge is 0.176 e. The summed E-state index contributed by atoms with van der Waals surface area (Å²) < 4.78 is 6.25. The fraction of sp³-hybridized carbons (Fsp3) is 0.417. The molecule has 2 bridgehead atoms. The van der Waals surface area contributed by atoms with E-state index in [1.807, 2.05) is 67.6 Å². The van der Waals surface area contributed by atoms with Gasteiger partial charge in [-0.15, -0.1) is 0 Å². The van der Waals surface area contributed by atoms with E-state index < -0.39 is 11.2 Å². The molecule has 3 aliphatic rings. The van der Waals surface area contributed by atoms with Crippen LogP contribution < -0.4 is 0 Å². The van der Waals surface area contributed by atoms with Gasteiger partial charge in [0.1, 0.15) is 5.60 Å². The second-order valence-corrected chi connectivity index (χ2v) is 7.57. The van der Waals surface area contributed by atoms with Gasteiger partial charge in [-0.05, 0) is 32.9 Å². The predicted octanol–water partition coefficient (Wildman–Crippen LogP) is 3.43. The van der Waals surface area contributed by atoms with Crippen LogP contribution in [0.5, 0.6) is 0 Å². The van der Waals surface area contributed by atoms with E-state index in [4.69, 9.17) is 4.74 Å². The number of piperidine rings is 3. The molecule has 0 aromatic heterocycles. The Labute approximate surface area is 162 Å². The Morgan fingerprint density at radius 1 is 1.04 bits per heavy atom. The molecule has 3 saturated heterocycles. The van der Waals surface area contributed by atoms with Crippen molar-refractivity contribution >= 4 is 0 Å². The maximum Gasteiger partial charge on any atom is 0.176 e. The summed E-state index contributed by atoms with van der Waals surface area (Å²) in [5.74, 6) is 7.14. The zero-order chi connectivity index (χ0) is 18.7. The molecule has 1 N–H and O–H groups in total. The van der Waals surface area contributed by atoms with Crippen LogP contribution in [0.25, 0.3) is 0 Å². The molecular formula is C24H27NO2. The van der Waals surface area contributed by atoms with E-state index in [2.05, 4.69) is 16.7 Å². The van der Waals surface area contributed by atoms with Crippen LogP contribution in [0.15, 0.2) is 60.7 Å². The minimum absolute atomic E-state index is 0.436. The Bertz CT molecular complexity index is 776. The molecule has 27 heavy (non-hydrogen) atoms. The Hall–Kier alpha value is -2.12. The lowest BCUT2D eigenvalue weighted by molar-refractivity contribution is -0.113. The highest BCUT2D eigenvalue weighted by Crippen LogP contribution is 2.39. The van der Waals surface area contributed by atoms with Gasteiger partial charge >= 0.3 is 0 Å². The van der Waals surface area contributed by atoms with Crippen molar-refractivity contribution < 1.29 is 9.84 Å². The highest BCUT2D eigenvalue weighted by Gasteiger charge is 2.47. The highest BCUT2D eigenvalue weighted by atomic mass is 16.5. The number of nitrogens with zero attached hydrogens (tertiary/aromatic N) is 1. The molecule has 0 saturated carbocycles. The van der Waals surface area contributed by atoms with Crippen LogP contribution in [0.1, 0.15) is 30.9 Å². The first-order valence-electron chi connectivity index (χ1n) is 9.90. The normalized spacial score (nSPS) is 27.0. The Morgan fingerprint density at radius 2 is 1.59 bits per heavy atom. The Balaban J connectivity index is 1.79. The highest BCUT2D eigenvalue weighted by molar-refractivity contribution is 5.45. The van der Waals surface area contributed by atoms with Gasteiger partial charge in [0.2, 0.25) is 0 Å². The van der Waals surface area contributed by atoms with E-state index in [1.165, 1.54) is 0 Å². The van der Waals surface area contributed by atoms with Gasteiger partial charge in [-0.2, -0.15) is 0 Å². The fourth-order valence-electron chi connectivity index (χ4n) is 4.48. The van der Waals surface area contributed by atoms with Crippen LogP contribution in [0.4, 0.5) is 0 Å². The van der Waals surface area contributed by atoms with E-state index >= 15 is 0 Å². The molecule has 0 amide bonds. The summed E-state index contributed by atoms with van der Waals surface area (Å²) in [7, 11) is 0. The van der Waals surface area contributed by atoms with Gasteiger partial charge < -0.3 is 9.84 Å². The monoisotopic (exact) mass is 361 g/mol. The average molecular weight is 361 g/mol. The van der Waals surface area contributed by atoms with E-state index in [1.54, 1.807) is 0 Å². The maximum atomic E-state index is 11.7. The molecule has 3 heterocycles. The molecule has 0 spiro atoms. The number of hydrogen-bond acceptors (Lipinski definition) is 3. The van der Waals surface area contributed by atoms with Gasteiger partial charge in [0.25, 0.3) is 0 Å². The van der Waals surface area contributed by atoms with Gasteiger partial charge in [0.05, 0.1) is 0 Å². The van der Waals surface area contributed by atoms with Crippen molar-refractivity contribution in [3.05, 3.63) is 71.8 Å². The second kappa shape index (κ2) is 7.48. The van der Waals surface area contributed by atoms with Gasteiger partial charge in [-0.25, -0.2) is 0 Å². The molecule has 3 fully saturated rings. The summed E-state index contributed by atoms with van der Waals surface area (Å²) >= 11 is 0. The molecule has 2 aromatic rings. The molecular weight excluding hydrogens is 334 g/mol. The van der Waals surface area contributed by atoms with Crippen molar-refractivity contribution in [3.63, 3.8) is 0 Å². The van der Waals surface area contributed by atoms with Crippen LogP contribution in [0.2, 0.25) is 0 Å². The van der Waals surface area contributed by atoms with E-state index in [-0.39, 0.29) is 0 Å². The summed E-state index contributed by atoms with van der Waals surface area (Å²) in [4.78, 5) is 2.44. The number of rotatable bonds is 4. The predicted molar refractivity (Wildman–Crippen MR) is 107 cm³/mol.